The van der Waals surface area contributed by atoms with Gasteiger partial charge < -0.3 is 0 Å². The minimum atomic E-state index is 0.997. The Balaban J connectivity index is 2.33. The fourth-order valence-corrected chi connectivity index (χ4v) is 1.61. The smallest absolute Gasteiger partial charge is 0.0646 e. The monoisotopic (exact) mass is 250 g/mol. The van der Waals surface area contributed by atoms with Gasteiger partial charge in [-0.3, -0.25) is 0 Å². The zero-order valence-electron chi connectivity index (χ0n) is 7.94. The molecule has 0 atom stereocenters. The molecule has 1 heterocycles. The highest BCUT2D eigenvalue weighted by molar-refractivity contribution is 9.10. The van der Waals surface area contributed by atoms with Gasteiger partial charge >= 0.3 is 0 Å². The Bertz CT molecular complexity index is 417. The second kappa shape index (κ2) is 3.96. The Labute approximate surface area is 91.7 Å². The highest BCUT2D eigenvalue weighted by Gasteiger charge is 1.97. The summed E-state index contributed by atoms with van der Waals surface area (Å²) in [6.07, 6.45) is 4.80. The first-order valence-corrected chi connectivity index (χ1v) is 5.38. The first-order chi connectivity index (χ1) is 6.79. The first-order valence-electron chi connectivity index (χ1n) is 4.59. The number of aryl methyl sites for hydroxylation is 1. The van der Waals surface area contributed by atoms with Crippen molar-refractivity contribution >= 4 is 15.9 Å². The number of halogens is 1. The zero-order valence-corrected chi connectivity index (χ0v) is 9.53. The Kier molecular flexibility index (Phi) is 2.68. The van der Waals surface area contributed by atoms with Gasteiger partial charge in [0.25, 0.3) is 0 Å². The van der Waals surface area contributed by atoms with Crippen molar-refractivity contribution in [1.82, 2.24) is 9.78 Å². The Morgan fingerprint density at radius 2 is 2.00 bits per heavy atom. The highest BCUT2D eigenvalue weighted by atomic mass is 79.9. The fraction of sp³-hybridized carbons (Fsp3) is 0.182. The summed E-state index contributed by atoms with van der Waals surface area (Å²) in [5.41, 5.74) is 2.44. The summed E-state index contributed by atoms with van der Waals surface area (Å²) in [6.45, 7) is 2.15. The third-order valence-corrected chi connectivity index (χ3v) is 2.57. The minimum Gasteiger partial charge on any atom is -0.240 e. The van der Waals surface area contributed by atoms with E-state index in [0.29, 0.717) is 0 Å². The molecule has 0 N–H and O–H groups in total. The van der Waals surface area contributed by atoms with E-state index in [0.717, 1.165) is 16.6 Å². The van der Waals surface area contributed by atoms with Crippen LogP contribution in [-0.2, 0) is 6.42 Å². The van der Waals surface area contributed by atoms with Crippen molar-refractivity contribution in [3.8, 4) is 5.69 Å². The van der Waals surface area contributed by atoms with Gasteiger partial charge in [-0.15, -0.1) is 0 Å². The molecule has 0 saturated carbocycles. The van der Waals surface area contributed by atoms with Gasteiger partial charge in [0, 0.05) is 6.20 Å². The van der Waals surface area contributed by atoms with Gasteiger partial charge in [-0.05, 0) is 40.0 Å². The number of benzene rings is 1. The van der Waals surface area contributed by atoms with Gasteiger partial charge in [0.1, 0.15) is 0 Å². The lowest BCUT2D eigenvalue weighted by Crippen LogP contribution is -1.93. The molecule has 14 heavy (non-hydrogen) atoms. The van der Waals surface area contributed by atoms with Crippen LogP contribution in [0.3, 0.4) is 0 Å². The van der Waals surface area contributed by atoms with E-state index in [1.165, 1.54) is 5.56 Å². The van der Waals surface area contributed by atoms with Crippen LogP contribution in [0.5, 0.6) is 0 Å². The van der Waals surface area contributed by atoms with E-state index < -0.39 is 0 Å². The van der Waals surface area contributed by atoms with Gasteiger partial charge in [0.15, 0.2) is 0 Å². The average molecular weight is 251 g/mol. The SMILES string of the molecule is CCc1ccc(-n2cc(Br)cn2)cc1. The molecule has 0 unspecified atom stereocenters. The van der Waals surface area contributed by atoms with Crippen molar-refractivity contribution in [1.29, 1.82) is 0 Å². The second-order valence-electron chi connectivity index (χ2n) is 3.12. The number of aromatic nitrogens is 2. The standard InChI is InChI=1S/C11H11BrN2/c1-2-9-3-5-11(6-4-9)14-8-10(12)7-13-14/h3-8H,2H2,1H3. The van der Waals surface area contributed by atoms with E-state index >= 15 is 0 Å². The normalized spacial score (nSPS) is 10.4. The van der Waals surface area contributed by atoms with Gasteiger partial charge in [-0.25, -0.2) is 4.68 Å². The molecule has 72 valence electrons. The Morgan fingerprint density at radius 1 is 1.29 bits per heavy atom. The van der Waals surface area contributed by atoms with Crippen molar-refractivity contribution in [2.45, 2.75) is 13.3 Å². The van der Waals surface area contributed by atoms with E-state index in [9.17, 15) is 0 Å². The first kappa shape index (κ1) is 9.46. The number of rotatable bonds is 2. The van der Waals surface area contributed by atoms with Crippen LogP contribution in [-0.4, -0.2) is 9.78 Å². The van der Waals surface area contributed by atoms with E-state index in [2.05, 4.69) is 52.2 Å². The lowest BCUT2D eigenvalue weighted by atomic mass is 10.1. The van der Waals surface area contributed by atoms with Crippen LogP contribution in [0.15, 0.2) is 41.1 Å². The van der Waals surface area contributed by atoms with E-state index in [-0.39, 0.29) is 0 Å². The van der Waals surface area contributed by atoms with Crippen LogP contribution in [0.25, 0.3) is 5.69 Å². The Morgan fingerprint density at radius 3 is 2.50 bits per heavy atom. The molecular weight excluding hydrogens is 240 g/mol. The van der Waals surface area contributed by atoms with Crippen LogP contribution in [0, 0.1) is 0 Å². The summed E-state index contributed by atoms with van der Waals surface area (Å²) in [4.78, 5) is 0. The van der Waals surface area contributed by atoms with Gasteiger partial charge in [0.2, 0.25) is 0 Å². The molecule has 0 aliphatic carbocycles. The largest absolute Gasteiger partial charge is 0.240 e. The molecule has 1 aromatic heterocycles. The van der Waals surface area contributed by atoms with Gasteiger partial charge in [-0.1, -0.05) is 19.1 Å². The Hall–Kier alpha value is -1.09. The summed E-state index contributed by atoms with van der Waals surface area (Å²) in [5.74, 6) is 0. The second-order valence-corrected chi connectivity index (χ2v) is 4.04. The molecule has 3 heteroatoms. The van der Waals surface area contributed by atoms with Crippen molar-refractivity contribution < 1.29 is 0 Å². The maximum atomic E-state index is 4.21. The van der Waals surface area contributed by atoms with Crippen LogP contribution in [0.2, 0.25) is 0 Å². The van der Waals surface area contributed by atoms with E-state index in [1.807, 2.05) is 10.9 Å². The predicted molar refractivity (Wildman–Crippen MR) is 60.6 cm³/mol. The third-order valence-electron chi connectivity index (χ3n) is 2.16. The summed E-state index contributed by atoms with van der Waals surface area (Å²) < 4.78 is 2.85. The molecule has 0 spiro atoms. The van der Waals surface area contributed by atoms with Crippen molar-refractivity contribution in [2.24, 2.45) is 0 Å². The number of hydrogen-bond donors (Lipinski definition) is 0. The minimum absolute atomic E-state index is 0.997. The molecule has 0 amide bonds. The maximum absolute atomic E-state index is 4.21. The fourth-order valence-electron chi connectivity index (χ4n) is 1.33. The molecule has 1 aromatic carbocycles. The topological polar surface area (TPSA) is 17.8 Å². The molecule has 2 nitrogen and oxygen atoms in total. The lowest BCUT2D eigenvalue weighted by Gasteiger charge is -2.01. The van der Waals surface area contributed by atoms with Gasteiger partial charge in [0.05, 0.1) is 16.4 Å². The van der Waals surface area contributed by atoms with Crippen LogP contribution >= 0.6 is 15.9 Å². The molecule has 2 aromatic rings. The molecule has 0 bridgehead atoms. The van der Waals surface area contributed by atoms with Crippen LogP contribution < -0.4 is 0 Å². The maximum Gasteiger partial charge on any atom is 0.0646 e. The summed E-state index contributed by atoms with van der Waals surface area (Å²) in [6, 6.07) is 8.42. The summed E-state index contributed by atoms with van der Waals surface area (Å²) >= 11 is 3.37. The zero-order chi connectivity index (χ0) is 9.97. The molecule has 0 saturated heterocycles. The summed E-state index contributed by atoms with van der Waals surface area (Å²) in [7, 11) is 0. The van der Waals surface area contributed by atoms with Crippen molar-refractivity contribution in [3.63, 3.8) is 0 Å². The van der Waals surface area contributed by atoms with Crippen molar-refractivity contribution in [2.75, 3.05) is 0 Å². The molecule has 2 rings (SSSR count). The lowest BCUT2D eigenvalue weighted by molar-refractivity contribution is 0.879. The highest BCUT2D eigenvalue weighted by Crippen LogP contribution is 2.13. The molecule has 0 fully saturated rings. The molecular formula is C11H11BrN2. The van der Waals surface area contributed by atoms with Gasteiger partial charge in [-0.2, -0.15) is 5.10 Å². The molecule has 0 radical (unpaired) electrons. The number of nitrogens with zero attached hydrogens (tertiary/aromatic N) is 2. The van der Waals surface area contributed by atoms with Crippen LogP contribution in [0.1, 0.15) is 12.5 Å². The molecule has 0 aliphatic heterocycles. The van der Waals surface area contributed by atoms with E-state index in [4.69, 9.17) is 0 Å². The van der Waals surface area contributed by atoms with Crippen molar-refractivity contribution in [3.05, 3.63) is 46.7 Å². The predicted octanol–water partition coefficient (Wildman–Crippen LogP) is 3.20. The quantitative estimate of drug-likeness (QED) is 0.801. The van der Waals surface area contributed by atoms with Crippen LogP contribution in [0.4, 0.5) is 0 Å². The number of hydrogen-bond acceptors (Lipinski definition) is 1. The average Bonchev–Trinajstić information content (AvgIpc) is 2.65. The summed E-state index contributed by atoms with van der Waals surface area (Å²) in [5, 5.41) is 4.21. The van der Waals surface area contributed by atoms with E-state index in [1.54, 1.807) is 6.20 Å². The third kappa shape index (κ3) is 1.87. The molecule has 0 aliphatic rings.